The second-order valence-corrected chi connectivity index (χ2v) is 3.76. The Morgan fingerprint density at radius 1 is 1.46 bits per heavy atom. The molecule has 0 unspecified atom stereocenters. The molecular weight excluding hydrogens is 164 g/mol. The van der Waals surface area contributed by atoms with E-state index in [1.165, 1.54) is 25.7 Å². The number of allylic oxidation sites excluding steroid dienone is 2. The van der Waals surface area contributed by atoms with Crippen LogP contribution in [0.3, 0.4) is 0 Å². The molecule has 0 saturated heterocycles. The molecule has 0 radical (unpaired) electrons. The molecule has 13 heavy (non-hydrogen) atoms. The van der Waals surface area contributed by atoms with Gasteiger partial charge in [0, 0.05) is 6.42 Å². The van der Waals surface area contributed by atoms with Gasteiger partial charge >= 0.3 is 5.97 Å². The van der Waals surface area contributed by atoms with Crippen LogP contribution in [0.1, 0.15) is 44.9 Å². The normalized spacial score (nSPS) is 21.7. The van der Waals surface area contributed by atoms with Crippen LogP contribution in [0.25, 0.3) is 0 Å². The van der Waals surface area contributed by atoms with Crippen molar-refractivity contribution in [2.24, 2.45) is 5.92 Å². The number of carbonyl (C=O) groups is 1. The second-order valence-electron chi connectivity index (χ2n) is 3.76. The van der Waals surface area contributed by atoms with Gasteiger partial charge in [-0.25, -0.2) is 0 Å². The fourth-order valence-corrected chi connectivity index (χ4v) is 1.81. The molecule has 0 fully saturated rings. The van der Waals surface area contributed by atoms with Crippen LogP contribution < -0.4 is 0 Å². The summed E-state index contributed by atoms with van der Waals surface area (Å²) < 4.78 is 0. The van der Waals surface area contributed by atoms with E-state index in [2.05, 4.69) is 12.2 Å². The Hall–Kier alpha value is -0.790. The minimum atomic E-state index is -0.667. The number of unbranched alkanes of at least 4 members (excludes halogenated alkanes) is 1. The molecule has 0 aromatic carbocycles. The first-order chi connectivity index (χ1) is 6.29. The average Bonchev–Trinajstić information content (AvgIpc) is 2.14. The van der Waals surface area contributed by atoms with Gasteiger partial charge in [-0.15, -0.1) is 0 Å². The molecule has 0 bridgehead atoms. The summed E-state index contributed by atoms with van der Waals surface area (Å²) in [4.78, 5) is 10.2. The number of rotatable bonds is 5. The summed E-state index contributed by atoms with van der Waals surface area (Å²) in [5.41, 5.74) is 0. The number of carboxylic acid groups (broad SMARTS) is 1. The van der Waals surface area contributed by atoms with E-state index in [1.54, 1.807) is 0 Å². The lowest BCUT2D eigenvalue weighted by atomic mass is 9.91. The zero-order valence-corrected chi connectivity index (χ0v) is 8.04. The Morgan fingerprint density at radius 2 is 2.31 bits per heavy atom. The van der Waals surface area contributed by atoms with Gasteiger partial charge in [0.25, 0.3) is 0 Å². The standard InChI is InChI=1S/C11H18O2/c12-11(13)9-5-4-8-10-6-2-1-3-7-10/h2,6,10H,1,3-5,7-9H2,(H,12,13)/t10-/m1/s1. The fourth-order valence-electron chi connectivity index (χ4n) is 1.81. The molecule has 2 nitrogen and oxygen atoms in total. The lowest BCUT2D eigenvalue weighted by Gasteiger charge is -2.15. The second kappa shape index (κ2) is 5.79. The molecule has 1 atom stereocenters. The summed E-state index contributed by atoms with van der Waals surface area (Å²) in [6, 6.07) is 0. The molecule has 0 amide bonds. The highest BCUT2D eigenvalue weighted by molar-refractivity contribution is 5.66. The van der Waals surface area contributed by atoms with Gasteiger partial charge in [0.05, 0.1) is 0 Å². The van der Waals surface area contributed by atoms with Crippen molar-refractivity contribution in [2.45, 2.75) is 44.9 Å². The van der Waals surface area contributed by atoms with E-state index < -0.39 is 5.97 Å². The first kappa shape index (κ1) is 10.3. The lowest BCUT2D eigenvalue weighted by Crippen LogP contribution is -2.01. The van der Waals surface area contributed by atoms with E-state index in [0.29, 0.717) is 6.42 Å². The van der Waals surface area contributed by atoms with Gasteiger partial charge in [0.2, 0.25) is 0 Å². The van der Waals surface area contributed by atoms with E-state index >= 15 is 0 Å². The van der Waals surface area contributed by atoms with E-state index in [9.17, 15) is 4.79 Å². The maximum absolute atomic E-state index is 10.2. The molecule has 74 valence electrons. The lowest BCUT2D eigenvalue weighted by molar-refractivity contribution is -0.137. The van der Waals surface area contributed by atoms with E-state index in [4.69, 9.17) is 5.11 Å². The summed E-state index contributed by atoms with van der Waals surface area (Å²) in [7, 11) is 0. The number of hydrogen-bond acceptors (Lipinski definition) is 1. The zero-order valence-electron chi connectivity index (χ0n) is 8.04. The molecule has 0 aliphatic heterocycles. The van der Waals surface area contributed by atoms with Crippen molar-refractivity contribution in [1.29, 1.82) is 0 Å². The summed E-state index contributed by atoms with van der Waals surface area (Å²) in [6.45, 7) is 0. The van der Waals surface area contributed by atoms with Crippen molar-refractivity contribution in [3.05, 3.63) is 12.2 Å². The maximum Gasteiger partial charge on any atom is 0.303 e. The largest absolute Gasteiger partial charge is 0.481 e. The smallest absolute Gasteiger partial charge is 0.303 e. The van der Waals surface area contributed by atoms with Gasteiger partial charge in [0.1, 0.15) is 0 Å². The van der Waals surface area contributed by atoms with Gasteiger partial charge in [-0.05, 0) is 38.0 Å². The Morgan fingerprint density at radius 3 is 2.92 bits per heavy atom. The van der Waals surface area contributed by atoms with Gasteiger partial charge in [-0.2, -0.15) is 0 Å². The highest BCUT2D eigenvalue weighted by Crippen LogP contribution is 2.22. The Kier molecular flexibility index (Phi) is 4.58. The topological polar surface area (TPSA) is 37.3 Å². The summed E-state index contributed by atoms with van der Waals surface area (Å²) >= 11 is 0. The minimum absolute atomic E-state index is 0.330. The highest BCUT2D eigenvalue weighted by atomic mass is 16.4. The number of aliphatic carboxylic acids is 1. The molecule has 1 aliphatic rings. The molecule has 1 N–H and O–H groups in total. The van der Waals surface area contributed by atoms with Crippen LogP contribution in [0.4, 0.5) is 0 Å². The van der Waals surface area contributed by atoms with Crippen LogP contribution in [0.15, 0.2) is 12.2 Å². The van der Waals surface area contributed by atoms with Crippen molar-refractivity contribution in [3.8, 4) is 0 Å². The van der Waals surface area contributed by atoms with Crippen LogP contribution in [0.5, 0.6) is 0 Å². The van der Waals surface area contributed by atoms with E-state index in [1.807, 2.05) is 0 Å². The van der Waals surface area contributed by atoms with Gasteiger partial charge in [0.15, 0.2) is 0 Å². The molecule has 0 aromatic rings. The Labute approximate surface area is 79.6 Å². The van der Waals surface area contributed by atoms with Crippen molar-refractivity contribution in [3.63, 3.8) is 0 Å². The zero-order chi connectivity index (χ0) is 9.52. The van der Waals surface area contributed by atoms with E-state index in [0.717, 1.165) is 18.8 Å². The molecule has 1 aliphatic carbocycles. The number of hydrogen-bond donors (Lipinski definition) is 1. The fraction of sp³-hybridized carbons (Fsp3) is 0.727. The monoisotopic (exact) mass is 182 g/mol. The minimum Gasteiger partial charge on any atom is -0.481 e. The first-order valence-electron chi connectivity index (χ1n) is 5.17. The van der Waals surface area contributed by atoms with Crippen LogP contribution in [-0.4, -0.2) is 11.1 Å². The predicted octanol–water partition coefficient (Wildman–Crippen LogP) is 2.99. The highest BCUT2D eigenvalue weighted by Gasteiger charge is 2.07. The van der Waals surface area contributed by atoms with Crippen LogP contribution >= 0.6 is 0 Å². The number of carboxylic acids is 1. The molecule has 0 saturated carbocycles. The third kappa shape index (κ3) is 4.71. The Bertz CT molecular complexity index is 185. The van der Waals surface area contributed by atoms with Gasteiger partial charge < -0.3 is 5.11 Å². The third-order valence-electron chi connectivity index (χ3n) is 2.57. The quantitative estimate of drug-likeness (QED) is 0.524. The SMILES string of the molecule is O=C(O)CCCC[C@@H]1C=CCCC1. The van der Waals surface area contributed by atoms with Crippen molar-refractivity contribution < 1.29 is 9.90 Å². The first-order valence-corrected chi connectivity index (χ1v) is 5.17. The molecule has 0 heterocycles. The molecule has 0 spiro atoms. The summed E-state index contributed by atoms with van der Waals surface area (Å²) in [5, 5.41) is 8.44. The Balaban J connectivity index is 2.01. The summed E-state index contributed by atoms with van der Waals surface area (Å²) in [6.07, 6.45) is 11.8. The van der Waals surface area contributed by atoms with Crippen LogP contribution in [-0.2, 0) is 4.79 Å². The molecule has 0 aromatic heterocycles. The van der Waals surface area contributed by atoms with Crippen LogP contribution in [0, 0.1) is 5.92 Å². The summed E-state index contributed by atoms with van der Waals surface area (Å²) in [5.74, 6) is 0.0572. The van der Waals surface area contributed by atoms with Crippen molar-refractivity contribution >= 4 is 5.97 Å². The predicted molar refractivity (Wildman–Crippen MR) is 52.6 cm³/mol. The van der Waals surface area contributed by atoms with Gasteiger partial charge in [-0.1, -0.05) is 18.6 Å². The van der Waals surface area contributed by atoms with E-state index in [-0.39, 0.29) is 0 Å². The average molecular weight is 182 g/mol. The molecule has 2 heteroatoms. The maximum atomic E-state index is 10.2. The molecular formula is C11H18O2. The molecule has 1 rings (SSSR count). The van der Waals surface area contributed by atoms with Gasteiger partial charge in [-0.3, -0.25) is 4.79 Å². The third-order valence-corrected chi connectivity index (χ3v) is 2.57. The van der Waals surface area contributed by atoms with Crippen molar-refractivity contribution in [1.82, 2.24) is 0 Å². The van der Waals surface area contributed by atoms with Crippen molar-refractivity contribution in [2.75, 3.05) is 0 Å². The van der Waals surface area contributed by atoms with Crippen LogP contribution in [0.2, 0.25) is 0 Å².